The molecular weight excluding hydrogens is 262 g/mol. The predicted molar refractivity (Wildman–Crippen MR) is 77.0 cm³/mol. The van der Waals surface area contributed by atoms with Crippen molar-refractivity contribution in [1.82, 2.24) is 9.97 Å². The van der Waals surface area contributed by atoms with E-state index in [-0.39, 0.29) is 23.7 Å². The van der Waals surface area contributed by atoms with E-state index in [1.165, 1.54) is 0 Å². The van der Waals surface area contributed by atoms with Crippen molar-refractivity contribution in [2.75, 3.05) is 24.2 Å². The number of aryl methyl sites for hydroxylation is 1. The zero-order valence-corrected chi connectivity index (χ0v) is 12.2. The number of aromatic nitrogens is 2. The molecule has 1 heterocycles. The van der Waals surface area contributed by atoms with Gasteiger partial charge in [-0.3, -0.25) is 10.1 Å². The third-order valence-electron chi connectivity index (χ3n) is 3.37. The van der Waals surface area contributed by atoms with Gasteiger partial charge in [-0.2, -0.15) is 4.98 Å². The number of aliphatic hydroxyl groups is 1. The Morgan fingerprint density at radius 1 is 1.35 bits per heavy atom. The number of anilines is 2. The summed E-state index contributed by atoms with van der Waals surface area (Å²) in [6.07, 6.45) is 1.10. The third-order valence-corrected chi connectivity index (χ3v) is 3.37. The standard InChI is InChI=1S/C12H21N5O3/c1-5-12(18,6-2)7-14-10-9(17(19)20)8(3)15-11(13-4)16-10/h18H,5-7H2,1-4H3,(H2,13,14,15,16). The van der Waals surface area contributed by atoms with Gasteiger partial charge in [0, 0.05) is 13.6 Å². The van der Waals surface area contributed by atoms with Crippen molar-refractivity contribution in [3.05, 3.63) is 15.8 Å². The maximum Gasteiger partial charge on any atom is 0.332 e. The first-order chi connectivity index (χ1) is 9.36. The molecule has 1 rings (SSSR count). The van der Waals surface area contributed by atoms with Crippen LogP contribution in [0.4, 0.5) is 17.5 Å². The summed E-state index contributed by atoms with van der Waals surface area (Å²) in [7, 11) is 1.64. The second-order valence-corrected chi connectivity index (χ2v) is 4.62. The van der Waals surface area contributed by atoms with Gasteiger partial charge in [0.05, 0.1) is 10.5 Å². The highest BCUT2D eigenvalue weighted by Gasteiger charge is 2.26. The smallest absolute Gasteiger partial charge is 0.332 e. The molecule has 1 aromatic rings. The quantitative estimate of drug-likeness (QED) is 0.515. The molecule has 8 heteroatoms. The lowest BCUT2D eigenvalue weighted by atomic mass is 9.98. The van der Waals surface area contributed by atoms with E-state index >= 15 is 0 Å². The van der Waals surface area contributed by atoms with Crippen LogP contribution in [0, 0.1) is 17.0 Å². The molecule has 3 N–H and O–H groups in total. The lowest BCUT2D eigenvalue weighted by molar-refractivity contribution is -0.385. The lowest BCUT2D eigenvalue weighted by Crippen LogP contribution is -2.35. The molecule has 0 radical (unpaired) electrons. The normalized spacial score (nSPS) is 11.2. The van der Waals surface area contributed by atoms with Crippen molar-refractivity contribution in [3.8, 4) is 0 Å². The molecule has 0 aliphatic heterocycles. The highest BCUT2D eigenvalue weighted by Crippen LogP contribution is 2.27. The highest BCUT2D eigenvalue weighted by molar-refractivity contribution is 5.60. The molecule has 0 spiro atoms. The van der Waals surface area contributed by atoms with Gasteiger partial charge in [-0.15, -0.1) is 0 Å². The van der Waals surface area contributed by atoms with Crippen LogP contribution in [0.2, 0.25) is 0 Å². The van der Waals surface area contributed by atoms with Crippen molar-refractivity contribution in [2.24, 2.45) is 0 Å². The zero-order valence-electron chi connectivity index (χ0n) is 12.2. The fraction of sp³-hybridized carbons (Fsp3) is 0.667. The Morgan fingerprint density at radius 3 is 2.40 bits per heavy atom. The number of hydrogen-bond acceptors (Lipinski definition) is 7. The van der Waals surface area contributed by atoms with Gasteiger partial charge in [-0.25, -0.2) is 4.98 Å². The molecule has 0 aliphatic carbocycles. The van der Waals surface area contributed by atoms with E-state index in [2.05, 4.69) is 20.6 Å². The maximum absolute atomic E-state index is 11.1. The van der Waals surface area contributed by atoms with E-state index in [0.29, 0.717) is 18.8 Å². The zero-order chi connectivity index (χ0) is 15.3. The fourth-order valence-corrected chi connectivity index (χ4v) is 1.77. The van der Waals surface area contributed by atoms with E-state index in [9.17, 15) is 15.2 Å². The van der Waals surface area contributed by atoms with Crippen molar-refractivity contribution in [1.29, 1.82) is 0 Å². The topological polar surface area (TPSA) is 113 Å². The molecule has 0 amide bonds. The van der Waals surface area contributed by atoms with Crippen LogP contribution in [0.5, 0.6) is 0 Å². The summed E-state index contributed by atoms with van der Waals surface area (Å²) in [5.41, 5.74) is -0.807. The van der Waals surface area contributed by atoms with Gasteiger partial charge in [0.2, 0.25) is 11.8 Å². The number of nitrogens with one attached hydrogen (secondary N) is 2. The average molecular weight is 283 g/mol. The molecule has 20 heavy (non-hydrogen) atoms. The Bertz CT molecular complexity index is 488. The molecule has 8 nitrogen and oxygen atoms in total. The Labute approximate surface area is 117 Å². The van der Waals surface area contributed by atoms with Gasteiger partial charge < -0.3 is 15.7 Å². The second-order valence-electron chi connectivity index (χ2n) is 4.62. The SMILES string of the molecule is CCC(O)(CC)CNc1nc(NC)nc(C)c1[N+](=O)[O-]. The monoisotopic (exact) mass is 283 g/mol. The molecule has 0 aliphatic rings. The second kappa shape index (κ2) is 6.47. The number of nitrogens with zero attached hydrogens (tertiary/aromatic N) is 3. The molecule has 0 saturated carbocycles. The average Bonchev–Trinajstić information content (AvgIpc) is 2.43. The summed E-state index contributed by atoms with van der Waals surface area (Å²) < 4.78 is 0. The Hall–Kier alpha value is -1.96. The van der Waals surface area contributed by atoms with Crippen LogP contribution in [-0.4, -0.2) is 39.2 Å². The predicted octanol–water partition coefficient (Wildman–Crippen LogP) is 1.70. The molecule has 0 aromatic carbocycles. The molecule has 0 bridgehead atoms. The number of nitro groups is 1. The third kappa shape index (κ3) is 3.53. The summed E-state index contributed by atoms with van der Waals surface area (Å²) in [4.78, 5) is 18.6. The van der Waals surface area contributed by atoms with Crippen molar-refractivity contribution < 1.29 is 10.0 Å². The van der Waals surface area contributed by atoms with Gasteiger partial charge >= 0.3 is 5.69 Å². The Balaban J connectivity index is 3.09. The lowest BCUT2D eigenvalue weighted by Gasteiger charge is -2.25. The Kier molecular flexibility index (Phi) is 5.20. The molecular formula is C12H21N5O3. The van der Waals surface area contributed by atoms with Gasteiger partial charge in [0.25, 0.3) is 0 Å². The van der Waals surface area contributed by atoms with E-state index in [4.69, 9.17) is 0 Å². The van der Waals surface area contributed by atoms with Crippen LogP contribution >= 0.6 is 0 Å². The number of rotatable bonds is 7. The van der Waals surface area contributed by atoms with E-state index in [1.807, 2.05) is 13.8 Å². The summed E-state index contributed by atoms with van der Waals surface area (Å²) in [6.45, 7) is 5.48. The largest absolute Gasteiger partial charge is 0.388 e. The van der Waals surface area contributed by atoms with Crippen molar-refractivity contribution >= 4 is 17.5 Å². The summed E-state index contributed by atoms with van der Waals surface area (Å²) >= 11 is 0. The van der Waals surface area contributed by atoms with Crippen LogP contribution in [0.15, 0.2) is 0 Å². The fourth-order valence-electron chi connectivity index (χ4n) is 1.77. The summed E-state index contributed by atoms with van der Waals surface area (Å²) in [5.74, 6) is 0.416. The minimum Gasteiger partial charge on any atom is -0.388 e. The van der Waals surface area contributed by atoms with Crippen molar-refractivity contribution in [2.45, 2.75) is 39.2 Å². The summed E-state index contributed by atoms with van der Waals surface area (Å²) in [6, 6.07) is 0. The summed E-state index contributed by atoms with van der Waals surface area (Å²) in [5, 5.41) is 27.0. The molecule has 0 saturated heterocycles. The maximum atomic E-state index is 11.1. The molecule has 0 atom stereocenters. The Morgan fingerprint density at radius 2 is 1.95 bits per heavy atom. The minimum absolute atomic E-state index is 0.118. The highest BCUT2D eigenvalue weighted by atomic mass is 16.6. The molecule has 1 aromatic heterocycles. The van der Waals surface area contributed by atoms with Gasteiger partial charge in [0.1, 0.15) is 5.69 Å². The molecule has 0 unspecified atom stereocenters. The minimum atomic E-state index is -0.910. The number of hydrogen-bond donors (Lipinski definition) is 3. The first-order valence-electron chi connectivity index (χ1n) is 6.54. The van der Waals surface area contributed by atoms with Crippen LogP contribution in [0.1, 0.15) is 32.4 Å². The van der Waals surface area contributed by atoms with Gasteiger partial charge in [-0.05, 0) is 19.8 Å². The first kappa shape index (κ1) is 16.1. The van der Waals surface area contributed by atoms with Gasteiger partial charge in [-0.1, -0.05) is 13.8 Å². The van der Waals surface area contributed by atoms with E-state index in [1.54, 1.807) is 14.0 Å². The van der Waals surface area contributed by atoms with Gasteiger partial charge in [0.15, 0.2) is 0 Å². The van der Waals surface area contributed by atoms with Crippen LogP contribution in [-0.2, 0) is 0 Å². The van der Waals surface area contributed by atoms with Crippen molar-refractivity contribution in [3.63, 3.8) is 0 Å². The van der Waals surface area contributed by atoms with Crippen LogP contribution < -0.4 is 10.6 Å². The first-order valence-corrected chi connectivity index (χ1v) is 6.54. The van der Waals surface area contributed by atoms with E-state index < -0.39 is 10.5 Å². The van der Waals surface area contributed by atoms with Crippen LogP contribution in [0.25, 0.3) is 0 Å². The molecule has 112 valence electrons. The molecule has 0 fully saturated rings. The van der Waals surface area contributed by atoms with Crippen LogP contribution in [0.3, 0.4) is 0 Å². The van der Waals surface area contributed by atoms with E-state index in [0.717, 1.165) is 0 Å².